The molecule has 3 aromatic rings. The SMILES string of the molecule is CN1CCOC(Cn2ncc3nc(NCc4ccc(Cl)c(Cl)c4)[nH]c(=O)c32)C1.Cl. The van der Waals surface area contributed by atoms with Crippen LogP contribution >= 0.6 is 35.6 Å². The van der Waals surface area contributed by atoms with Gasteiger partial charge < -0.3 is 15.0 Å². The number of morpholine rings is 1. The van der Waals surface area contributed by atoms with Crippen LogP contribution in [-0.4, -0.2) is 57.5 Å². The Hall–Kier alpha value is -1.84. The summed E-state index contributed by atoms with van der Waals surface area (Å²) < 4.78 is 7.43. The highest BCUT2D eigenvalue weighted by Crippen LogP contribution is 2.23. The highest BCUT2D eigenvalue weighted by Gasteiger charge is 2.20. The molecule has 0 spiro atoms. The highest BCUT2D eigenvalue weighted by molar-refractivity contribution is 6.42. The summed E-state index contributed by atoms with van der Waals surface area (Å²) in [6.07, 6.45) is 1.59. The van der Waals surface area contributed by atoms with E-state index in [1.807, 2.05) is 6.07 Å². The molecule has 1 atom stereocenters. The molecular weight excluding hydrogens is 439 g/mol. The number of H-pyrrole nitrogens is 1. The molecule has 1 aromatic carbocycles. The van der Waals surface area contributed by atoms with Crippen LogP contribution < -0.4 is 10.9 Å². The van der Waals surface area contributed by atoms with Crippen LogP contribution in [0, 0.1) is 0 Å². The van der Waals surface area contributed by atoms with E-state index in [4.69, 9.17) is 27.9 Å². The molecule has 1 aliphatic heterocycles. The van der Waals surface area contributed by atoms with E-state index in [2.05, 4.69) is 32.3 Å². The minimum atomic E-state index is -0.247. The molecule has 0 radical (unpaired) electrons. The Balaban J connectivity index is 0.00000240. The van der Waals surface area contributed by atoms with Gasteiger partial charge in [0.1, 0.15) is 5.52 Å². The first-order valence-electron chi connectivity index (χ1n) is 8.93. The Morgan fingerprint density at radius 3 is 2.93 bits per heavy atom. The Labute approximate surface area is 183 Å². The maximum absolute atomic E-state index is 12.6. The van der Waals surface area contributed by atoms with Crippen molar-refractivity contribution in [3.05, 3.63) is 50.4 Å². The number of nitrogens with zero attached hydrogens (tertiary/aromatic N) is 4. The first-order valence-corrected chi connectivity index (χ1v) is 9.69. The number of fused-ring (bicyclic) bond motifs is 1. The fourth-order valence-electron chi connectivity index (χ4n) is 3.23. The molecule has 0 amide bonds. The second-order valence-corrected chi connectivity index (χ2v) is 7.65. The molecule has 3 heterocycles. The summed E-state index contributed by atoms with van der Waals surface area (Å²) in [6.45, 7) is 3.34. The van der Waals surface area contributed by atoms with Gasteiger partial charge in [0.05, 0.1) is 35.5 Å². The molecule has 1 fully saturated rings. The van der Waals surface area contributed by atoms with Gasteiger partial charge in [-0.1, -0.05) is 29.3 Å². The number of hydrogen-bond donors (Lipinski definition) is 2. The van der Waals surface area contributed by atoms with Gasteiger partial charge in [-0.25, -0.2) is 4.98 Å². The largest absolute Gasteiger partial charge is 0.374 e. The maximum Gasteiger partial charge on any atom is 0.278 e. The number of hydrogen-bond acceptors (Lipinski definition) is 6. The van der Waals surface area contributed by atoms with Gasteiger partial charge >= 0.3 is 0 Å². The zero-order valence-corrected chi connectivity index (χ0v) is 18.0. The lowest BCUT2D eigenvalue weighted by molar-refractivity contribution is -0.0284. The zero-order chi connectivity index (χ0) is 19.7. The van der Waals surface area contributed by atoms with Crippen molar-refractivity contribution in [3.8, 4) is 0 Å². The molecule has 4 rings (SSSR count). The Bertz CT molecular complexity index is 1050. The van der Waals surface area contributed by atoms with E-state index in [0.29, 0.717) is 46.7 Å². The van der Waals surface area contributed by atoms with E-state index in [0.717, 1.165) is 18.7 Å². The highest BCUT2D eigenvalue weighted by atomic mass is 35.5. The smallest absolute Gasteiger partial charge is 0.278 e. The summed E-state index contributed by atoms with van der Waals surface area (Å²) in [5.41, 5.74) is 1.65. The Morgan fingerprint density at radius 1 is 1.34 bits per heavy atom. The molecule has 2 N–H and O–H groups in total. The Morgan fingerprint density at radius 2 is 2.17 bits per heavy atom. The normalized spacial score (nSPS) is 17.3. The summed E-state index contributed by atoms with van der Waals surface area (Å²) >= 11 is 12.0. The van der Waals surface area contributed by atoms with Crippen molar-refractivity contribution >= 4 is 52.6 Å². The average molecular weight is 460 g/mol. The van der Waals surface area contributed by atoms with Crippen LogP contribution in [0.25, 0.3) is 11.0 Å². The van der Waals surface area contributed by atoms with E-state index in [-0.39, 0.29) is 24.1 Å². The van der Waals surface area contributed by atoms with Crippen molar-refractivity contribution in [2.75, 3.05) is 32.1 Å². The molecule has 1 unspecified atom stereocenters. The number of nitrogens with one attached hydrogen (secondary N) is 2. The summed E-state index contributed by atoms with van der Waals surface area (Å²) in [5, 5.41) is 8.41. The number of aromatic amines is 1. The van der Waals surface area contributed by atoms with Crippen LogP contribution in [0.1, 0.15) is 5.56 Å². The first kappa shape index (κ1) is 21.9. The number of halogens is 3. The van der Waals surface area contributed by atoms with E-state index >= 15 is 0 Å². The fourth-order valence-corrected chi connectivity index (χ4v) is 3.55. The monoisotopic (exact) mass is 458 g/mol. The van der Waals surface area contributed by atoms with Crippen LogP contribution in [0.5, 0.6) is 0 Å². The molecule has 8 nitrogen and oxygen atoms in total. The molecule has 1 saturated heterocycles. The molecule has 1 aliphatic rings. The van der Waals surface area contributed by atoms with Crippen molar-refractivity contribution in [1.29, 1.82) is 0 Å². The number of benzene rings is 1. The van der Waals surface area contributed by atoms with Crippen LogP contribution in [0.4, 0.5) is 5.95 Å². The Kier molecular flexibility index (Phi) is 7.02. The van der Waals surface area contributed by atoms with Crippen molar-refractivity contribution in [1.82, 2.24) is 24.6 Å². The third-order valence-electron chi connectivity index (χ3n) is 4.66. The van der Waals surface area contributed by atoms with Gasteiger partial charge in [-0.3, -0.25) is 14.5 Å². The van der Waals surface area contributed by atoms with E-state index < -0.39 is 0 Å². The van der Waals surface area contributed by atoms with Crippen LogP contribution in [-0.2, 0) is 17.8 Å². The van der Waals surface area contributed by atoms with Crippen LogP contribution in [0.2, 0.25) is 10.0 Å². The van der Waals surface area contributed by atoms with Gasteiger partial charge in [0.25, 0.3) is 5.56 Å². The van der Waals surface area contributed by atoms with E-state index in [9.17, 15) is 4.79 Å². The average Bonchev–Trinajstić information content (AvgIpc) is 3.06. The number of rotatable bonds is 5. The lowest BCUT2D eigenvalue weighted by Crippen LogP contribution is -2.42. The summed E-state index contributed by atoms with van der Waals surface area (Å²) in [4.78, 5) is 22.0. The van der Waals surface area contributed by atoms with Crippen molar-refractivity contribution < 1.29 is 4.74 Å². The van der Waals surface area contributed by atoms with Crippen molar-refractivity contribution in [2.24, 2.45) is 0 Å². The summed E-state index contributed by atoms with van der Waals surface area (Å²) in [7, 11) is 2.05. The van der Waals surface area contributed by atoms with Gasteiger partial charge in [0.15, 0.2) is 5.52 Å². The van der Waals surface area contributed by atoms with Gasteiger partial charge in [0, 0.05) is 19.6 Å². The summed E-state index contributed by atoms with van der Waals surface area (Å²) in [5.74, 6) is 0.372. The maximum atomic E-state index is 12.6. The molecule has 2 aromatic heterocycles. The lowest BCUT2D eigenvalue weighted by atomic mass is 10.2. The van der Waals surface area contributed by atoms with Gasteiger partial charge in [-0.05, 0) is 24.7 Å². The summed E-state index contributed by atoms with van der Waals surface area (Å²) in [6, 6.07) is 5.36. The lowest BCUT2D eigenvalue weighted by Gasteiger charge is -2.29. The van der Waals surface area contributed by atoms with Crippen LogP contribution in [0.3, 0.4) is 0 Å². The van der Waals surface area contributed by atoms with Crippen molar-refractivity contribution in [2.45, 2.75) is 19.2 Å². The molecule has 11 heteroatoms. The fraction of sp³-hybridized carbons (Fsp3) is 0.389. The number of likely N-dealkylation sites (N-methyl/N-ethyl adjacent to an activating group) is 1. The number of ether oxygens (including phenoxy) is 1. The van der Waals surface area contributed by atoms with Gasteiger partial charge in [-0.15, -0.1) is 12.4 Å². The van der Waals surface area contributed by atoms with Gasteiger partial charge in [0.2, 0.25) is 5.95 Å². The standard InChI is InChI=1S/C18H20Cl2N6O2.ClH/c1-25-4-5-28-12(9-25)10-26-16-15(8-22-26)23-18(24-17(16)27)21-7-11-2-3-13(19)14(20)6-11;/h2-3,6,8,12H,4-5,7,9-10H2,1H3,(H2,21,23,24,27);1H. The number of aromatic nitrogens is 4. The minimum Gasteiger partial charge on any atom is -0.374 e. The predicted molar refractivity (Wildman–Crippen MR) is 116 cm³/mol. The van der Waals surface area contributed by atoms with Gasteiger partial charge in [-0.2, -0.15) is 5.10 Å². The molecular formula is C18H21Cl3N6O2. The minimum absolute atomic E-state index is 0. The van der Waals surface area contributed by atoms with Crippen molar-refractivity contribution in [3.63, 3.8) is 0 Å². The van der Waals surface area contributed by atoms with Crippen LogP contribution in [0.15, 0.2) is 29.2 Å². The molecule has 0 bridgehead atoms. The van der Waals surface area contributed by atoms with E-state index in [1.54, 1.807) is 23.0 Å². The molecule has 156 valence electrons. The third-order valence-corrected chi connectivity index (χ3v) is 5.40. The molecule has 0 saturated carbocycles. The second-order valence-electron chi connectivity index (χ2n) is 6.83. The van der Waals surface area contributed by atoms with E-state index in [1.165, 1.54) is 0 Å². The number of anilines is 1. The topological polar surface area (TPSA) is 88.1 Å². The first-order chi connectivity index (χ1) is 13.5. The zero-order valence-electron chi connectivity index (χ0n) is 15.7. The predicted octanol–water partition coefficient (Wildman–Crippen LogP) is 2.79. The molecule has 0 aliphatic carbocycles. The second kappa shape index (κ2) is 9.32. The quantitative estimate of drug-likeness (QED) is 0.610. The molecule has 29 heavy (non-hydrogen) atoms. The third kappa shape index (κ3) is 5.02.